The lowest BCUT2D eigenvalue weighted by Crippen LogP contribution is -2.55. The van der Waals surface area contributed by atoms with E-state index in [0.717, 1.165) is 30.5 Å². The van der Waals surface area contributed by atoms with Gasteiger partial charge in [0.15, 0.2) is 5.82 Å². The summed E-state index contributed by atoms with van der Waals surface area (Å²) in [5.41, 5.74) is 2.00. The topological polar surface area (TPSA) is 109 Å². The second kappa shape index (κ2) is 8.68. The molecule has 2 aliphatic rings. The molecule has 0 bridgehead atoms. The van der Waals surface area contributed by atoms with Crippen LogP contribution in [0, 0.1) is 6.92 Å². The number of carboxylic acid groups (broad SMARTS) is 1. The molecule has 1 aromatic heterocycles. The maximum Gasteiger partial charge on any atom is 0.329 e. The molecule has 1 saturated carbocycles. The fourth-order valence-corrected chi connectivity index (χ4v) is 5.06. The molecule has 1 amide bonds. The minimum Gasteiger partial charge on any atom is -0.480 e. The first kappa shape index (κ1) is 22.3. The van der Waals surface area contributed by atoms with E-state index in [-0.39, 0.29) is 0 Å². The van der Waals surface area contributed by atoms with Gasteiger partial charge >= 0.3 is 5.97 Å². The summed E-state index contributed by atoms with van der Waals surface area (Å²) in [5, 5.41) is 21.7. The van der Waals surface area contributed by atoms with Crippen molar-refractivity contribution < 1.29 is 14.7 Å². The van der Waals surface area contributed by atoms with Gasteiger partial charge in [0.05, 0.1) is 11.4 Å². The Balaban J connectivity index is 1.61. The van der Waals surface area contributed by atoms with Gasteiger partial charge in [-0.15, -0.1) is 10.2 Å². The fourth-order valence-electron chi connectivity index (χ4n) is 4.84. The molecule has 9 heteroatoms. The van der Waals surface area contributed by atoms with Gasteiger partial charge in [-0.2, -0.15) is 0 Å². The van der Waals surface area contributed by atoms with Crippen LogP contribution in [0.5, 0.6) is 0 Å². The maximum atomic E-state index is 13.3. The van der Waals surface area contributed by atoms with Crippen molar-refractivity contribution in [2.45, 2.75) is 51.1 Å². The van der Waals surface area contributed by atoms with Crippen molar-refractivity contribution in [1.82, 2.24) is 20.1 Å². The Morgan fingerprint density at radius 2 is 1.82 bits per heavy atom. The third kappa shape index (κ3) is 3.77. The summed E-state index contributed by atoms with van der Waals surface area (Å²) in [6.07, 6.45) is 3.37. The number of rotatable bonds is 4. The molecular formula is C25H24ClN5O3. The second-order valence-electron chi connectivity index (χ2n) is 8.78. The third-order valence-electron chi connectivity index (χ3n) is 6.62. The van der Waals surface area contributed by atoms with Crippen LogP contribution in [0.15, 0.2) is 47.5 Å². The first-order chi connectivity index (χ1) is 16.4. The number of halogens is 1. The van der Waals surface area contributed by atoms with Gasteiger partial charge in [-0.1, -0.05) is 49.1 Å². The SMILES string of the molecule is Cc1nnc2n1-c1ccc(C(=O)NC3(C(=O)O)CCCCC3)cc1C(c1ccccc1Cl)=NC2. The highest BCUT2D eigenvalue weighted by molar-refractivity contribution is 6.35. The van der Waals surface area contributed by atoms with E-state index in [0.29, 0.717) is 52.9 Å². The van der Waals surface area contributed by atoms with Crippen LogP contribution in [-0.4, -0.2) is 43.0 Å². The Bertz CT molecular complexity index is 1320. The first-order valence-electron chi connectivity index (χ1n) is 11.3. The summed E-state index contributed by atoms with van der Waals surface area (Å²) >= 11 is 6.52. The molecule has 0 atom stereocenters. The number of aliphatic imine (C=N–C) groups is 1. The fraction of sp³-hybridized carbons (Fsp3) is 0.320. The molecule has 34 heavy (non-hydrogen) atoms. The molecule has 1 aliphatic carbocycles. The molecule has 1 fully saturated rings. The molecular weight excluding hydrogens is 454 g/mol. The largest absolute Gasteiger partial charge is 0.480 e. The van der Waals surface area contributed by atoms with Gasteiger partial charge in [0, 0.05) is 21.7 Å². The van der Waals surface area contributed by atoms with E-state index >= 15 is 0 Å². The van der Waals surface area contributed by atoms with Crippen molar-refractivity contribution in [1.29, 1.82) is 0 Å². The number of amides is 1. The van der Waals surface area contributed by atoms with Crippen LogP contribution < -0.4 is 5.32 Å². The summed E-state index contributed by atoms with van der Waals surface area (Å²) in [6, 6.07) is 12.7. The maximum absolute atomic E-state index is 13.3. The van der Waals surface area contributed by atoms with Gasteiger partial charge in [-0.3, -0.25) is 14.4 Å². The zero-order valence-corrected chi connectivity index (χ0v) is 19.5. The molecule has 0 unspecified atom stereocenters. The Morgan fingerprint density at radius 3 is 2.56 bits per heavy atom. The molecule has 2 N–H and O–H groups in total. The van der Waals surface area contributed by atoms with Crippen LogP contribution in [-0.2, 0) is 11.3 Å². The molecule has 2 aromatic carbocycles. The molecule has 0 radical (unpaired) electrons. The molecule has 0 saturated heterocycles. The minimum atomic E-state index is -1.24. The van der Waals surface area contributed by atoms with Crippen molar-refractivity contribution in [2.24, 2.45) is 4.99 Å². The number of carboxylic acids is 1. The highest BCUT2D eigenvalue weighted by Crippen LogP contribution is 2.31. The minimum absolute atomic E-state index is 0.305. The standard InChI is InChI=1S/C25H24ClN5O3/c1-15-29-30-21-14-27-22(17-7-3-4-8-19(17)26)18-13-16(9-10-20(18)31(15)21)23(32)28-25(24(33)34)11-5-2-6-12-25/h3-4,7-10,13H,2,5-6,11-12,14H2,1H3,(H,28,32)(H,33,34). The molecule has 2 heterocycles. The van der Waals surface area contributed by atoms with Crippen molar-refractivity contribution in [3.8, 4) is 5.69 Å². The summed E-state index contributed by atoms with van der Waals surface area (Å²) < 4.78 is 1.92. The molecule has 174 valence electrons. The Labute approximate surface area is 201 Å². The van der Waals surface area contributed by atoms with Crippen LogP contribution in [0.4, 0.5) is 0 Å². The number of hydrogen-bond donors (Lipinski definition) is 2. The Kier molecular flexibility index (Phi) is 5.69. The molecule has 1 aliphatic heterocycles. The lowest BCUT2D eigenvalue weighted by atomic mass is 9.81. The molecule has 0 spiro atoms. The quantitative estimate of drug-likeness (QED) is 0.588. The van der Waals surface area contributed by atoms with E-state index in [1.54, 1.807) is 18.2 Å². The number of aromatic nitrogens is 3. The van der Waals surface area contributed by atoms with E-state index in [1.165, 1.54) is 0 Å². The van der Waals surface area contributed by atoms with Gasteiger partial charge in [0.2, 0.25) is 0 Å². The van der Waals surface area contributed by atoms with E-state index in [1.807, 2.05) is 35.8 Å². The zero-order chi connectivity index (χ0) is 23.9. The third-order valence-corrected chi connectivity index (χ3v) is 6.95. The van der Waals surface area contributed by atoms with Crippen LogP contribution in [0.25, 0.3) is 5.69 Å². The average molecular weight is 478 g/mol. The highest BCUT2D eigenvalue weighted by Gasteiger charge is 2.41. The van der Waals surface area contributed by atoms with Gasteiger partial charge in [-0.25, -0.2) is 4.79 Å². The molecule has 5 rings (SSSR count). The van der Waals surface area contributed by atoms with Gasteiger partial charge in [0.1, 0.15) is 17.9 Å². The monoisotopic (exact) mass is 477 g/mol. The second-order valence-corrected chi connectivity index (χ2v) is 9.18. The summed E-state index contributed by atoms with van der Waals surface area (Å²) in [5.74, 6) is -0.0184. The van der Waals surface area contributed by atoms with E-state index in [9.17, 15) is 14.7 Å². The van der Waals surface area contributed by atoms with E-state index < -0.39 is 17.4 Å². The first-order valence-corrected chi connectivity index (χ1v) is 11.7. The summed E-state index contributed by atoms with van der Waals surface area (Å²) in [6.45, 7) is 2.17. The predicted octanol–water partition coefficient (Wildman–Crippen LogP) is 4.10. The normalized spacial score (nSPS) is 16.6. The Morgan fingerprint density at radius 1 is 1.06 bits per heavy atom. The van der Waals surface area contributed by atoms with Crippen molar-refractivity contribution in [3.63, 3.8) is 0 Å². The molecule has 3 aromatic rings. The average Bonchev–Trinajstić information content (AvgIpc) is 3.12. The van der Waals surface area contributed by atoms with Crippen LogP contribution >= 0.6 is 11.6 Å². The highest BCUT2D eigenvalue weighted by atomic mass is 35.5. The number of hydrogen-bond acceptors (Lipinski definition) is 5. The van der Waals surface area contributed by atoms with Gasteiger partial charge < -0.3 is 10.4 Å². The van der Waals surface area contributed by atoms with Gasteiger partial charge in [0.25, 0.3) is 5.91 Å². The number of fused-ring (bicyclic) bond motifs is 3. The van der Waals surface area contributed by atoms with Crippen LogP contribution in [0.2, 0.25) is 5.02 Å². The van der Waals surface area contributed by atoms with E-state index in [4.69, 9.17) is 16.6 Å². The lowest BCUT2D eigenvalue weighted by molar-refractivity contribution is -0.145. The number of nitrogens with zero attached hydrogens (tertiary/aromatic N) is 4. The lowest BCUT2D eigenvalue weighted by Gasteiger charge is -2.34. The number of aryl methyl sites for hydroxylation is 1. The molecule has 8 nitrogen and oxygen atoms in total. The number of aliphatic carboxylic acids is 1. The smallest absolute Gasteiger partial charge is 0.329 e. The summed E-state index contributed by atoms with van der Waals surface area (Å²) in [7, 11) is 0. The number of benzene rings is 2. The van der Waals surface area contributed by atoms with Crippen LogP contribution in [0.3, 0.4) is 0 Å². The predicted molar refractivity (Wildman–Crippen MR) is 128 cm³/mol. The number of nitrogens with one attached hydrogen (secondary N) is 1. The summed E-state index contributed by atoms with van der Waals surface area (Å²) in [4.78, 5) is 30.2. The number of carbonyl (C=O) groups is 2. The van der Waals surface area contributed by atoms with Crippen molar-refractivity contribution in [2.75, 3.05) is 0 Å². The Hall–Kier alpha value is -3.52. The van der Waals surface area contributed by atoms with Crippen molar-refractivity contribution in [3.05, 3.63) is 75.8 Å². The van der Waals surface area contributed by atoms with E-state index in [2.05, 4.69) is 15.5 Å². The van der Waals surface area contributed by atoms with Crippen molar-refractivity contribution >= 4 is 29.2 Å². The van der Waals surface area contributed by atoms with Gasteiger partial charge in [-0.05, 0) is 44.0 Å². The van der Waals surface area contributed by atoms with Crippen LogP contribution in [0.1, 0.15) is 65.2 Å². The number of carbonyl (C=O) groups excluding carboxylic acids is 1. The zero-order valence-electron chi connectivity index (χ0n) is 18.7.